The van der Waals surface area contributed by atoms with Crippen LogP contribution in [0.2, 0.25) is 0 Å². The second-order valence-electron chi connectivity index (χ2n) is 5.32. The molecule has 0 radical (unpaired) electrons. The van der Waals surface area contributed by atoms with Gasteiger partial charge in [0.05, 0.1) is 0 Å². The Morgan fingerprint density at radius 2 is 1.61 bits per heavy atom. The molecule has 18 heavy (non-hydrogen) atoms. The van der Waals surface area contributed by atoms with Gasteiger partial charge in [-0.05, 0) is 58.5 Å². The second kappa shape index (κ2) is 12.8. The quantitative estimate of drug-likeness (QED) is 0.678. The van der Waals surface area contributed by atoms with Gasteiger partial charge in [0.15, 0.2) is 0 Å². The van der Waals surface area contributed by atoms with Gasteiger partial charge in [0.25, 0.3) is 0 Å². The van der Waals surface area contributed by atoms with Crippen LogP contribution in [0.15, 0.2) is 23.8 Å². The first-order valence-corrected chi connectivity index (χ1v) is 7.10. The van der Waals surface area contributed by atoms with Gasteiger partial charge in [-0.25, -0.2) is 0 Å². The van der Waals surface area contributed by atoms with Crippen LogP contribution in [-0.2, 0) is 0 Å². The van der Waals surface area contributed by atoms with Crippen molar-refractivity contribution in [3.8, 4) is 0 Å². The molecular weight excluding hydrogens is 220 g/mol. The lowest BCUT2D eigenvalue weighted by atomic mass is 9.99. The third-order valence-corrected chi connectivity index (χ3v) is 2.94. The Morgan fingerprint density at radius 1 is 1.06 bits per heavy atom. The van der Waals surface area contributed by atoms with Gasteiger partial charge in [-0.15, -0.1) is 6.58 Å². The monoisotopic (exact) mass is 254 g/mol. The molecule has 2 atom stereocenters. The lowest BCUT2D eigenvalue weighted by Gasteiger charge is -2.10. The molecule has 0 aromatic heterocycles. The lowest BCUT2D eigenvalue weighted by Crippen LogP contribution is -2.13. The Labute approximate surface area is 115 Å². The normalized spacial score (nSPS) is 13.1. The van der Waals surface area contributed by atoms with Crippen LogP contribution in [0.5, 0.6) is 0 Å². The Balaban J connectivity index is 0. The van der Waals surface area contributed by atoms with E-state index in [0.29, 0.717) is 11.8 Å². The van der Waals surface area contributed by atoms with E-state index in [1.807, 2.05) is 0 Å². The SMILES string of the molecule is C=C(C)CC(CC)CN.CCC(C=C(C)C)CN. The smallest absolute Gasteiger partial charge is 0.00142 e. The Morgan fingerprint density at radius 3 is 1.72 bits per heavy atom. The van der Waals surface area contributed by atoms with Crippen molar-refractivity contribution in [1.82, 2.24) is 0 Å². The summed E-state index contributed by atoms with van der Waals surface area (Å²) in [5.41, 5.74) is 13.6. The summed E-state index contributed by atoms with van der Waals surface area (Å²) in [6.45, 7) is 16.0. The van der Waals surface area contributed by atoms with E-state index in [1.54, 1.807) is 0 Å². The third kappa shape index (κ3) is 13.5. The fourth-order valence-electron chi connectivity index (χ4n) is 1.71. The maximum atomic E-state index is 5.49. The van der Waals surface area contributed by atoms with Crippen LogP contribution in [0, 0.1) is 11.8 Å². The molecule has 0 rings (SSSR count). The minimum atomic E-state index is 0.593. The number of rotatable bonds is 7. The molecule has 0 aliphatic heterocycles. The van der Waals surface area contributed by atoms with Crippen molar-refractivity contribution >= 4 is 0 Å². The first kappa shape index (κ1) is 19.7. The summed E-state index contributed by atoms with van der Waals surface area (Å²) >= 11 is 0. The zero-order valence-electron chi connectivity index (χ0n) is 13.1. The standard InChI is InChI=1S/2C8H17N/c2*1-4-8(6-9)5-7(2)3/h5,8H,4,6,9H2,1-3H3;8H,2,4-6,9H2,1,3H3. The van der Waals surface area contributed by atoms with Gasteiger partial charge < -0.3 is 11.5 Å². The van der Waals surface area contributed by atoms with E-state index in [9.17, 15) is 0 Å². The minimum Gasteiger partial charge on any atom is -0.330 e. The van der Waals surface area contributed by atoms with Gasteiger partial charge in [0, 0.05) is 0 Å². The highest BCUT2D eigenvalue weighted by atomic mass is 14.5. The predicted molar refractivity (Wildman–Crippen MR) is 84.5 cm³/mol. The molecule has 0 heterocycles. The summed E-state index contributed by atoms with van der Waals surface area (Å²) < 4.78 is 0. The van der Waals surface area contributed by atoms with E-state index < -0.39 is 0 Å². The maximum Gasteiger partial charge on any atom is -0.00142 e. The number of allylic oxidation sites excluding steroid dienone is 2. The molecule has 0 amide bonds. The largest absolute Gasteiger partial charge is 0.330 e. The van der Waals surface area contributed by atoms with Crippen LogP contribution in [0.1, 0.15) is 53.9 Å². The third-order valence-electron chi connectivity index (χ3n) is 2.94. The summed E-state index contributed by atoms with van der Waals surface area (Å²) in [4.78, 5) is 0. The van der Waals surface area contributed by atoms with Gasteiger partial charge in [-0.1, -0.05) is 37.5 Å². The number of hydrogen-bond donors (Lipinski definition) is 2. The Hall–Kier alpha value is -0.600. The zero-order chi connectivity index (χ0) is 14.6. The summed E-state index contributed by atoms with van der Waals surface area (Å²) in [5.74, 6) is 1.25. The highest BCUT2D eigenvalue weighted by Crippen LogP contribution is 2.11. The molecule has 2 heteroatoms. The highest BCUT2D eigenvalue weighted by molar-refractivity contribution is 4.97. The van der Waals surface area contributed by atoms with E-state index in [1.165, 1.54) is 17.6 Å². The molecule has 0 aliphatic carbocycles. The molecule has 0 aromatic carbocycles. The Bertz CT molecular complexity index is 219. The van der Waals surface area contributed by atoms with Crippen molar-refractivity contribution in [3.63, 3.8) is 0 Å². The van der Waals surface area contributed by atoms with E-state index >= 15 is 0 Å². The van der Waals surface area contributed by atoms with Gasteiger partial charge in [0.1, 0.15) is 0 Å². The van der Waals surface area contributed by atoms with Crippen LogP contribution in [-0.4, -0.2) is 13.1 Å². The lowest BCUT2D eigenvalue weighted by molar-refractivity contribution is 0.517. The molecule has 108 valence electrons. The van der Waals surface area contributed by atoms with Gasteiger partial charge >= 0.3 is 0 Å². The van der Waals surface area contributed by atoms with Crippen LogP contribution in [0.4, 0.5) is 0 Å². The second-order valence-corrected chi connectivity index (χ2v) is 5.32. The van der Waals surface area contributed by atoms with Crippen LogP contribution in [0.3, 0.4) is 0 Å². The number of hydrogen-bond acceptors (Lipinski definition) is 2. The fraction of sp³-hybridized carbons (Fsp3) is 0.750. The van der Waals surface area contributed by atoms with Gasteiger partial charge in [-0.3, -0.25) is 0 Å². The van der Waals surface area contributed by atoms with Crippen LogP contribution in [0.25, 0.3) is 0 Å². The van der Waals surface area contributed by atoms with Crippen molar-refractivity contribution in [2.75, 3.05) is 13.1 Å². The van der Waals surface area contributed by atoms with Gasteiger partial charge in [-0.2, -0.15) is 0 Å². The summed E-state index contributed by atoms with van der Waals surface area (Å²) in [6, 6.07) is 0. The van der Waals surface area contributed by atoms with Crippen molar-refractivity contribution in [2.45, 2.75) is 53.9 Å². The topological polar surface area (TPSA) is 52.0 Å². The fourth-order valence-corrected chi connectivity index (χ4v) is 1.71. The van der Waals surface area contributed by atoms with E-state index in [2.05, 4.69) is 47.3 Å². The summed E-state index contributed by atoms with van der Waals surface area (Å²) in [5, 5.41) is 0. The van der Waals surface area contributed by atoms with E-state index in [4.69, 9.17) is 11.5 Å². The minimum absolute atomic E-state index is 0.593. The highest BCUT2D eigenvalue weighted by Gasteiger charge is 2.01. The van der Waals surface area contributed by atoms with E-state index in [-0.39, 0.29) is 0 Å². The molecule has 0 aliphatic rings. The van der Waals surface area contributed by atoms with Crippen molar-refractivity contribution < 1.29 is 0 Å². The molecule has 0 saturated carbocycles. The predicted octanol–water partition coefficient (Wildman–Crippen LogP) is 3.88. The van der Waals surface area contributed by atoms with Crippen molar-refractivity contribution in [3.05, 3.63) is 23.8 Å². The summed E-state index contributed by atoms with van der Waals surface area (Å²) in [7, 11) is 0. The number of nitrogens with two attached hydrogens (primary N) is 2. The molecule has 4 N–H and O–H groups in total. The zero-order valence-corrected chi connectivity index (χ0v) is 13.1. The Kier molecular flexibility index (Phi) is 14.1. The first-order valence-electron chi connectivity index (χ1n) is 7.10. The van der Waals surface area contributed by atoms with E-state index in [0.717, 1.165) is 25.9 Å². The average molecular weight is 254 g/mol. The molecule has 0 fully saturated rings. The van der Waals surface area contributed by atoms with Crippen LogP contribution < -0.4 is 11.5 Å². The molecule has 2 unspecified atom stereocenters. The van der Waals surface area contributed by atoms with Gasteiger partial charge in [0.2, 0.25) is 0 Å². The van der Waals surface area contributed by atoms with Crippen LogP contribution >= 0.6 is 0 Å². The maximum absolute atomic E-state index is 5.49. The average Bonchev–Trinajstić information content (AvgIpc) is 2.33. The first-order chi connectivity index (χ1) is 8.40. The summed E-state index contributed by atoms with van der Waals surface area (Å²) in [6.07, 6.45) is 5.65. The molecule has 0 bridgehead atoms. The molecular formula is C16H34N2. The molecule has 0 saturated heterocycles. The van der Waals surface area contributed by atoms with Crippen molar-refractivity contribution in [2.24, 2.45) is 23.3 Å². The molecule has 0 aromatic rings. The molecule has 0 spiro atoms. The van der Waals surface area contributed by atoms with Crippen molar-refractivity contribution in [1.29, 1.82) is 0 Å². The molecule has 2 nitrogen and oxygen atoms in total.